The number of nitrogens with zero attached hydrogens (tertiary/aromatic N) is 1. The molecule has 3 aromatic rings. The molecule has 2 fully saturated rings. The van der Waals surface area contributed by atoms with Gasteiger partial charge in [0.1, 0.15) is 0 Å². The third-order valence-electron chi connectivity index (χ3n) is 7.85. The Labute approximate surface area is 263 Å². The number of fused-ring (bicyclic) bond motifs is 1. The number of hydrogen-bond acceptors (Lipinski definition) is 4. The molecule has 9 heteroatoms. The lowest BCUT2D eigenvalue weighted by atomic mass is 10.0. The van der Waals surface area contributed by atoms with E-state index in [2.05, 4.69) is 35.5 Å². The van der Waals surface area contributed by atoms with E-state index >= 15 is 0 Å². The number of anilines is 1. The maximum Gasteiger partial charge on any atom is 0.256 e. The minimum Gasteiger partial charge on any atom is -0.359 e. The molecule has 0 saturated carbocycles. The van der Waals surface area contributed by atoms with Gasteiger partial charge in [-0.2, -0.15) is 0 Å². The van der Waals surface area contributed by atoms with E-state index in [1.54, 1.807) is 24.8 Å². The molecule has 3 N–H and O–H groups in total. The van der Waals surface area contributed by atoms with Crippen molar-refractivity contribution in [3.8, 4) is 0 Å². The van der Waals surface area contributed by atoms with Crippen LogP contribution in [0.25, 0.3) is 11.6 Å². The molecule has 224 valence electrons. The Morgan fingerprint density at radius 3 is 2.29 bits per heavy atom. The molecule has 0 bridgehead atoms. The number of amides is 2. The number of carbonyl (C=O) groups excluding carboxylic acids is 2. The van der Waals surface area contributed by atoms with Gasteiger partial charge in [0.15, 0.2) is 0 Å². The molecule has 1 aromatic heterocycles. The summed E-state index contributed by atoms with van der Waals surface area (Å²) in [6.45, 7) is 12.3. The topological polar surface area (TPSA) is 77.2 Å². The molecule has 0 spiro atoms. The van der Waals surface area contributed by atoms with E-state index < -0.39 is 0 Å². The Balaban J connectivity index is 0.000000255. The van der Waals surface area contributed by atoms with Crippen molar-refractivity contribution in [1.29, 1.82) is 0 Å². The lowest BCUT2D eigenvalue weighted by Gasteiger charge is -2.10. The van der Waals surface area contributed by atoms with E-state index in [1.807, 2.05) is 42.2 Å². The number of H-pyrrole nitrogens is 1. The fourth-order valence-corrected chi connectivity index (χ4v) is 6.43. The first-order chi connectivity index (χ1) is 20.2. The summed E-state index contributed by atoms with van der Waals surface area (Å²) in [7, 11) is 0. The van der Waals surface area contributed by atoms with Gasteiger partial charge in [-0.1, -0.05) is 35.3 Å². The normalized spacial score (nSPS) is 16.5. The van der Waals surface area contributed by atoms with Crippen LogP contribution < -0.4 is 10.6 Å². The van der Waals surface area contributed by atoms with Crippen molar-refractivity contribution in [2.24, 2.45) is 0 Å². The molecule has 4 heterocycles. The highest BCUT2D eigenvalue weighted by molar-refractivity contribution is 7.98. The lowest BCUT2D eigenvalue weighted by Crippen LogP contribution is -2.24. The number of rotatable bonds is 4. The summed E-state index contributed by atoms with van der Waals surface area (Å²) in [6, 6.07) is 11.7. The Hall–Kier alpha value is -2.71. The standard InChI is InChI=1S/C23H20Cl2N2OS.C6H11NO.C4H9N/c1-12-13(2)21(26-14(12)3)10-18-17-9-16(7-8-20(17)27-23(18)28)29-11-15-5-4-6-19(24)22(15)25;1-6(8)7-4-2-3-5-7;1-2-4-5-3-1/h4-10,26H,11H2,1-3H3,(H,27,28);2-5H2,1H3;5H,1-4H2/b18-10-;;. The van der Waals surface area contributed by atoms with Crippen molar-refractivity contribution in [1.82, 2.24) is 15.2 Å². The van der Waals surface area contributed by atoms with Gasteiger partial charge in [-0.05, 0) is 107 Å². The van der Waals surface area contributed by atoms with Crippen LogP contribution >= 0.6 is 35.0 Å². The van der Waals surface area contributed by atoms with Gasteiger partial charge in [0.2, 0.25) is 5.91 Å². The zero-order valence-corrected chi connectivity index (χ0v) is 27.2. The van der Waals surface area contributed by atoms with E-state index in [9.17, 15) is 9.59 Å². The second kappa shape index (κ2) is 15.1. The minimum absolute atomic E-state index is 0.0793. The predicted molar refractivity (Wildman–Crippen MR) is 178 cm³/mol. The monoisotopic (exact) mass is 626 g/mol. The van der Waals surface area contributed by atoms with E-state index in [0.717, 1.165) is 51.8 Å². The first kappa shape index (κ1) is 32.2. The van der Waals surface area contributed by atoms with Gasteiger partial charge in [-0.15, -0.1) is 11.8 Å². The minimum atomic E-state index is -0.0793. The van der Waals surface area contributed by atoms with Gasteiger partial charge in [-0.3, -0.25) is 9.59 Å². The Morgan fingerprint density at radius 2 is 1.71 bits per heavy atom. The largest absolute Gasteiger partial charge is 0.359 e. The molecule has 6 rings (SSSR count). The summed E-state index contributed by atoms with van der Waals surface area (Å²) in [4.78, 5) is 29.5. The first-order valence-corrected chi connectivity index (χ1v) is 16.2. The molecule has 0 atom stereocenters. The Morgan fingerprint density at radius 1 is 1.00 bits per heavy atom. The van der Waals surface area contributed by atoms with Gasteiger partial charge >= 0.3 is 0 Å². The van der Waals surface area contributed by atoms with Crippen LogP contribution in [0, 0.1) is 20.8 Å². The summed E-state index contributed by atoms with van der Waals surface area (Å²) in [6.07, 6.45) is 7.11. The number of aryl methyl sites for hydroxylation is 1. The molecular formula is C33H40Cl2N4O2S. The quantitative estimate of drug-likeness (QED) is 0.202. The summed E-state index contributed by atoms with van der Waals surface area (Å²) in [5.74, 6) is 0.846. The van der Waals surface area contributed by atoms with Crippen molar-refractivity contribution in [3.05, 3.63) is 80.1 Å². The zero-order chi connectivity index (χ0) is 30.2. The highest BCUT2D eigenvalue weighted by atomic mass is 35.5. The number of thioether (sulfide) groups is 1. The number of aromatic amines is 1. The average molecular weight is 628 g/mol. The summed E-state index contributed by atoms with van der Waals surface area (Å²) in [5.41, 5.74) is 7.90. The number of carbonyl (C=O) groups is 2. The van der Waals surface area contributed by atoms with E-state index in [1.165, 1.54) is 44.3 Å². The fourth-order valence-electron chi connectivity index (χ4n) is 5.04. The number of nitrogens with one attached hydrogen (secondary N) is 3. The molecule has 2 amide bonds. The molecule has 0 unspecified atom stereocenters. The van der Waals surface area contributed by atoms with Crippen LogP contribution in [0.2, 0.25) is 10.0 Å². The maximum absolute atomic E-state index is 12.6. The molecule has 0 radical (unpaired) electrons. The molecule has 6 nitrogen and oxygen atoms in total. The third kappa shape index (κ3) is 8.22. The van der Waals surface area contributed by atoms with Gasteiger partial charge in [0, 0.05) is 53.3 Å². The van der Waals surface area contributed by atoms with Crippen LogP contribution in [0.3, 0.4) is 0 Å². The van der Waals surface area contributed by atoms with Crippen LogP contribution in [-0.2, 0) is 15.3 Å². The number of likely N-dealkylation sites (tertiary alicyclic amines) is 1. The SMILES string of the molecule is C1CCNC1.CC(=O)N1CCCC1.Cc1[nH]c(/C=C2\C(=O)Nc3ccc(SCc4cccc(Cl)c4Cl)cc32)c(C)c1C. The molecule has 0 aliphatic carbocycles. The smallest absolute Gasteiger partial charge is 0.256 e. The maximum atomic E-state index is 12.6. The van der Waals surface area contributed by atoms with Crippen molar-refractivity contribution < 1.29 is 9.59 Å². The second-order valence-corrected chi connectivity index (χ2v) is 12.6. The number of halogens is 2. The van der Waals surface area contributed by atoms with E-state index in [-0.39, 0.29) is 11.8 Å². The van der Waals surface area contributed by atoms with Crippen LogP contribution in [0.15, 0.2) is 41.3 Å². The Bertz CT molecular complexity index is 1450. The fraction of sp³-hybridized carbons (Fsp3) is 0.394. The molecule has 3 aliphatic heterocycles. The first-order valence-electron chi connectivity index (χ1n) is 14.5. The molecule has 2 aromatic carbocycles. The number of aromatic nitrogens is 1. The Kier molecular flexibility index (Phi) is 11.6. The molecule has 3 aliphatic rings. The second-order valence-electron chi connectivity index (χ2n) is 10.8. The highest BCUT2D eigenvalue weighted by Crippen LogP contribution is 2.38. The van der Waals surface area contributed by atoms with Crippen LogP contribution in [0.4, 0.5) is 5.69 Å². The molecule has 42 heavy (non-hydrogen) atoms. The van der Waals surface area contributed by atoms with Crippen molar-refractivity contribution >= 4 is 64.1 Å². The number of benzene rings is 2. The van der Waals surface area contributed by atoms with Gasteiger partial charge in [0.25, 0.3) is 5.91 Å². The average Bonchev–Trinajstić information content (AvgIpc) is 3.79. The van der Waals surface area contributed by atoms with Crippen molar-refractivity contribution in [2.45, 2.75) is 64.0 Å². The molecule has 2 saturated heterocycles. The van der Waals surface area contributed by atoms with Gasteiger partial charge in [0.05, 0.1) is 15.6 Å². The summed E-state index contributed by atoms with van der Waals surface area (Å²) >= 11 is 14.1. The van der Waals surface area contributed by atoms with Crippen molar-refractivity contribution in [3.63, 3.8) is 0 Å². The van der Waals surface area contributed by atoms with Crippen LogP contribution in [-0.4, -0.2) is 47.9 Å². The summed E-state index contributed by atoms with van der Waals surface area (Å²) in [5, 5.41) is 7.33. The van der Waals surface area contributed by atoms with Crippen LogP contribution in [0.5, 0.6) is 0 Å². The third-order valence-corrected chi connectivity index (χ3v) is 9.75. The predicted octanol–water partition coefficient (Wildman–Crippen LogP) is 8.03. The number of hydrogen-bond donors (Lipinski definition) is 3. The van der Waals surface area contributed by atoms with Crippen LogP contribution in [0.1, 0.15) is 66.2 Å². The van der Waals surface area contributed by atoms with Crippen molar-refractivity contribution in [2.75, 3.05) is 31.5 Å². The van der Waals surface area contributed by atoms with E-state index in [4.69, 9.17) is 23.2 Å². The highest BCUT2D eigenvalue weighted by Gasteiger charge is 2.25. The van der Waals surface area contributed by atoms with Gasteiger partial charge in [-0.25, -0.2) is 0 Å². The summed E-state index contributed by atoms with van der Waals surface area (Å²) < 4.78 is 0. The lowest BCUT2D eigenvalue weighted by molar-refractivity contribution is -0.127. The molecular weight excluding hydrogens is 587 g/mol. The van der Waals surface area contributed by atoms with Gasteiger partial charge < -0.3 is 20.5 Å². The zero-order valence-electron chi connectivity index (χ0n) is 24.8. The van der Waals surface area contributed by atoms with E-state index in [0.29, 0.717) is 21.4 Å².